The summed E-state index contributed by atoms with van der Waals surface area (Å²) in [5.74, 6) is -0.395. The first-order valence-electron chi connectivity index (χ1n) is 5.21. The van der Waals surface area contributed by atoms with E-state index < -0.39 is 18.6 Å². The molecule has 1 aromatic rings. The fourth-order valence-corrected chi connectivity index (χ4v) is 2.88. The Morgan fingerprint density at radius 3 is 2.94 bits per heavy atom. The Morgan fingerprint density at radius 1 is 1.56 bits per heavy atom. The molecular weight excluding hydrogens is 264 g/mol. The highest BCUT2D eigenvalue weighted by atomic mass is 32.2. The van der Waals surface area contributed by atoms with Crippen LogP contribution in [0, 0.1) is 0 Å². The lowest BCUT2D eigenvalue weighted by atomic mass is 10.2. The van der Waals surface area contributed by atoms with Crippen molar-refractivity contribution in [1.29, 1.82) is 0 Å². The van der Waals surface area contributed by atoms with E-state index in [2.05, 4.69) is 10.1 Å². The molecule has 2 atom stereocenters. The van der Waals surface area contributed by atoms with Crippen molar-refractivity contribution in [3.05, 3.63) is 29.8 Å². The van der Waals surface area contributed by atoms with Crippen molar-refractivity contribution in [3.63, 3.8) is 0 Å². The monoisotopic (exact) mass is 275 g/mol. The van der Waals surface area contributed by atoms with Crippen molar-refractivity contribution in [1.82, 2.24) is 5.32 Å². The first-order chi connectivity index (χ1) is 8.56. The number of carboxylic acid groups (broad SMARTS) is 1. The first kappa shape index (κ1) is 13.1. The Bertz CT molecular complexity index is 444. The molecule has 7 heteroatoms. The molecule has 0 bridgehead atoms. The molecule has 0 spiro atoms. The summed E-state index contributed by atoms with van der Waals surface area (Å²) >= 11 is 1.42. The van der Waals surface area contributed by atoms with Crippen LogP contribution in [0.1, 0.15) is 10.9 Å². The molecule has 1 aromatic carbocycles. The molecule has 4 nitrogen and oxygen atoms in total. The van der Waals surface area contributed by atoms with Gasteiger partial charge in [0, 0.05) is 5.75 Å². The van der Waals surface area contributed by atoms with Crippen molar-refractivity contribution < 1.29 is 23.4 Å². The van der Waals surface area contributed by atoms with Gasteiger partial charge in [-0.1, -0.05) is 12.1 Å². The summed E-state index contributed by atoms with van der Waals surface area (Å²) in [6, 6.07) is 5.65. The Hall–Kier alpha value is -1.34. The maximum Gasteiger partial charge on any atom is 0.387 e. The van der Waals surface area contributed by atoms with Gasteiger partial charge < -0.3 is 9.84 Å². The maximum absolute atomic E-state index is 12.1. The largest absolute Gasteiger partial charge is 0.480 e. The maximum atomic E-state index is 12.1. The molecule has 18 heavy (non-hydrogen) atoms. The number of aliphatic carboxylic acids is 1. The van der Waals surface area contributed by atoms with E-state index >= 15 is 0 Å². The smallest absolute Gasteiger partial charge is 0.387 e. The van der Waals surface area contributed by atoms with Gasteiger partial charge in [0.05, 0.1) is 5.37 Å². The van der Waals surface area contributed by atoms with Gasteiger partial charge in [-0.15, -0.1) is 11.8 Å². The van der Waals surface area contributed by atoms with Gasteiger partial charge in [0.2, 0.25) is 0 Å². The lowest BCUT2D eigenvalue weighted by molar-refractivity contribution is -0.138. The second-order valence-electron chi connectivity index (χ2n) is 3.72. The molecule has 2 N–H and O–H groups in total. The van der Waals surface area contributed by atoms with Gasteiger partial charge in [0.1, 0.15) is 11.8 Å². The van der Waals surface area contributed by atoms with Crippen LogP contribution in [0.4, 0.5) is 8.78 Å². The number of rotatable bonds is 4. The number of hydrogen-bond donors (Lipinski definition) is 2. The number of halogens is 2. The summed E-state index contributed by atoms with van der Waals surface area (Å²) in [5.41, 5.74) is 0.724. The average Bonchev–Trinajstić information content (AvgIpc) is 2.77. The molecule has 0 radical (unpaired) electrons. The van der Waals surface area contributed by atoms with Gasteiger partial charge in [0.15, 0.2) is 0 Å². The second kappa shape index (κ2) is 5.53. The standard InChI is InChI=1S/C11H11F2NO3S/c12-11(13)17-7-3-1-2-6(4-7)9-14-8(5-18-9)10(15)16/h1-4,8-9,11,14H,5H2,(H,15,16)/t8-,9+/m0/s1. The first-order valence-corrected chi connectivity index (χ1v) is 6.26. The van der Waals surface area contributed by atoms with E-state index in [0.717, 1.165) is 5.56 Å². The number of hydrogen-bond acceptors (Lipinski definition) is 4. The Kier molecular flexibility index (Phi) is 4.03. The van der Waals surface area contributed by atoms with E-state index in [1.807, 2.05) is 0 Å². The number of carbonyl (C=O) groups is 1. The molecule has 98 valence electrons. The highest BCUT2D eigenvalue weighted by Crippen LogP contribution is 2.34. The summed E-state index contributed by atoms with van der Waals surface area (Å²) in [4.78, 5) is 10.8. The number of carboxylic acids is 1. The van der Waals surface area contributed by atoms with Crippen molar-refractivity contribution >= 4 is 17.7 Å². The van der Waals surface area contributed by atoms with Crippen molar-refractivity contribution in [2.75, 3.05) is 5.75 Å². The molecule has 1 aliphatic heterocycles. The molecule has 0 aliphatic carbocycles. The molecule has 1 saturated heterocycles. The lowest BCUT2D eigenvalue weighted by Crippen LogP contribution is -2.33. The van der Waals surface area contributed by atoms with Gasteiger partial charge in [-0.3, -0.25) is 10.1 Å². The number of alkyl halides is 2. The van der Waals surface area contributed by atoms with Crippen LogP contribution in [0.15, 0.2) is 24.3 Å². The van der Waals surface area contributed by atoms with E-state index in [0.29, 0.717) is 5.75 Å². The van der Waals surface area contributed by atoms with E-state index in [1.54, 1.807) is 12.1 Å². The lowest BCUT2D eigenvalue weighted by Gasteiger charge is -2.12. The summed E-state index contributed by atoms with van der Waals surface area (Å²) in [6.45, 7) is -2.86. The Morgan fingerprint density at radius 2 is 2.33 bits per heavy atom. The van der Waals surface area contributed by atoms with Gasteiger partial charge >= 0.3 is 12.6 Å². The van der Waals surface area contributed by atoms with E-state index in [4.69, 9.17) is 5.11 Å². The van der Waals surface area contributed by atoms with Crippen molar-refractivity contribution in [2.45, 2.75) is 18.0 Å². The Labute approximate surface area is 106 Å². The average molecular weight is 275 g/mol. The molecule has 0 unspecified atom stereocenters. The molecule has 1 heterocycles. The van der Waals surface area contributed by atoms with Crippen LogP contribution in [-0.2, 0) is 4.79 Å². The number of benzene rings is 1. The van der Waals surface area contributed by atoms with E-state index in [9.17, 15) is 13.6 Å². The SMILES string of the molecule is O=C(O)[C@@H]1CS[C@H](c2cccc(OC(F)F)c2)N1. The zero-order chi connectivity index (χ0) is 13.1. The number of nitrogens with one attached hydrogen (secondary N) is 1. The topological polar surface area (TPSA) is 58.6 Å². The molecule has 0 saturated carbocycles. The van der Waals surface area contributed by atoms with Crippen LogP contribution in [-0.4, -0.2) is 29.5 Å². The quantitative estimate of drug-likeness (QED) is 0.881. The predicted molar refractivity (Wildman–Crippen MR) is 62.8 cm³/mol. The molecule has 0 aromatic heterocycles. The van der Waals surface area contributed by atoms with Crippen LogP contribution in [0.2, 0.25) is 0 Å². The van der Waals surface area contributed by atoms with Gasteiger partial charge in [-0.05, 0) is 17.7 Å². The van der Waals surface area contributed by atoms with Crippen LogP contribution in [0.3, 0.4) is 0 Å². The van der Waals surface area contributed by atoms with Crippen LogP contribution < -0.4 is 10.1 Å². The summed E-state index contributed by atoms with van der Waals surface area (Å²) in [5, 5.41) is 11.5. The minimum Gasteiger partial charge on any atom is -0.480 e. The summed E-state index contributed by atoms with van der Waals surface area (Å²) in [7, 11) is 0. The van der Waals surface area contributed by atoms with Crippen molar-refractivity contribution in [3.8, 4) is 5.75 Å². The van der Waals surface area contributed by atoms with Gasteiger partial charge in [0.25, 0.3) is 0 Å². The van der Waals surface area contributed by atoms with Crippen LogP contribution >= 0.6 is 11.8 Å². The number of ether oxygens (including phenoxy) is 1. The second-order valence-corrected chi connectivity index (χ2v) is 4.86. The highest BCUT2D eigenvalue weighted by Gasteiger charge is 2.30. The third-order valence-electron chi connectivity index (χ3n) is 2.47. The highest BCUT2D eigenvalue weighted by molar-refractivity contribution is 7.99. The van der Waals surface area contributed by atoms with Gasteiger partial charge in [-0.25, -0.2) is 0 Å². The molecule has 1 aliphatic rings. The van der Waals surface area contributed by atoms with E-state index in [1.165, 1.54) is 23.9 Å². The van der Waals surface area contributed by atoms with Crippen molar-refractivity contribution in [2.24, 2.45) is 0 Å². The predicted octanol–water partition coefficient (Wildman–Crippen LogP) is 2.08. The third kappa shape index (κ3) is 3.11. The molecule has 1 fully saturated rings. The summed E-state index contributed by atoms with van der Waals surface area (Å²) < 4.78 is 28.5. The van der Waals surface area contributed by atoms with Crippen LogP contribution in [0.5, 0.6) is 5.75 Å². The normalized spacial score (nSPS) is 23.3. The molecule has 2 rings (SSSR count). The molecular formula is C11H11F2NO3S. The zero-order valence-corrected chi connectivity index (χ0v) is 9.99. The summed E-state index contributed by atoms with van der Waals surface area (Å²) in [6.07, 6.45) is 0. The molecule has 0 amide bonds. The Balaban J connectivity index is 2.07. The fourth-order valence-electron chi connectivity index (χ4n) is 1.66. The minimum absolute atomic E-state index is 0.0728. The third-order valence-corrected chi connectivity index (χ3v) is 3.73. The fraction of sp³-hybridized carbons (Fsp3) is 0.364. The van der Waals surface area contributed by atoms with E-state index in [-0.39, 0.29) is 11.1 Å². The van der Waals surface area contributed by atoms with Gasteiger partial charge in [-0.2, -0.15) is 8.78 Å². The zero-order valence-electron chi connectivity index (χ0n) is 9.18. The number of thioether (sulfide) groups is 1. The minimum atomic E-state index is -2.86. The van der Waals surface area contributed by atoms with Crippen LogP contribution in [0.25, 0.3) is 0 Å².